The minimum Gasteiger partial charge on any atom is -0.480 e. The smallest absolute Gasteiger partial charge is 0.322 e. The molecule has 0 aliphatic heterocycles. The van der Waals surface area contributed by atoms with Crippen molar-refractivity contribution < 1.29 is 19.5 Å². The molecule has 2 amide bonds. The van der Waals surface area contributed by atoms with Crippen LogP contribution in [0.15, 0.2) is 24.3 Å². The van der Waals surface area contributed by atoms with E-state index in [2.05, 4.69) is 10.6 Å². The number of amides is 2. The van der Waals surface area contributed by atoms with Gasteiger partial charge in [-0.15, -0.1) is 0 Å². The third-order valence-electron chi connectivity index (χ3n) is 2.26. The molecule has 0 saturated carbocycles. The molecule has 1 aromatic carbocycles. The van der Waals surface area contributed by atoms with Gasteiger partial charge >= 0.3 is 5.97 Å². The van der Waals surface area contributed by atoms with Gasteiger partial charge in [0.1, 0.15) is 6.54 Å². The predicted octanol–water partition coefficient (Wildman–Crippen LogP) is 1.32. The molecular weight excluding hydrogens is 319 g/mol. The molecule has 0 aromatic heterocycles. The van der Waals surface area contributed by atoms with E-state index in [4.69, 9.17) is 28.3 Å². The van der Waals surface area contributed by atoms with Crippen LogP contribution in [0.1, 0.15) is 5.56 Å². The highest BCUT2D eigenvalue weighted by Gasteiger charge is 2.05. The zero-order chi connectivity index (χ0) is 15.8. The Balaban J connectivity index is 2.46. The van der Waals surface area contributed by atoms with E-state index in [1.54, 1.807) is 18.2 Å². The molecule has 0 aliphatic rings. The van der Waals surface area contributed by atoms with Gasteiger partial charge in [-0.2, -0.15) is 0 Å². The van der Waals surface area contributed by atoms with Crippen molar-refractivity contribution in [2.24, 2.45) is 0 Å². The lowest BCUT2D eigenvalue weighted by Gasteiger charge is -2.03. The van der Waals surface area contributed by atoms with E-state index in [1.807, 2.05) is 0 Å². The molecule has 0 saturated heterocycles. The summed E-state index contributed by atoms with van der Waals surface area (Å²) in [5.74, 6) is -2.28. The van der Waals surface area contributed by atoms with Gasteiger partial charge in [-0.3, -0.25) is 14.4 Å². The largest absolute Gasteiger partial charge is 0.480 e. The van der Waals surface area contributed by atoms with Crippen LogP contribution >= 0.6 is 23.2 Å². The standard InChI is InChI=1S/C13H12Cl2N2O4/c14-9-3-1-2-8(13(9)15)4-5-10(18)16-6-11(19)17-7-12(20)21/h1-5H,6-7H2,(H,16,18)(H,17,19)(H,20,21)/b5-4+. The molecule has 8 heteroatoms. The molecule has 21 heavy (non-hydrogen) atoms. The molecule has 0 fully saturated rings. The van der Waals surface area contributed by atoms with Crippen LogP contribution in [0.3, 0.4) is 0 Å². The SMILES string of the molecule is O=C(O)CNC(=O)CNC(=O)/C=C/c1cccc(Cl)c1Cl. The molecule has 0 atom stereocenters. The van der Waals surface area contributed by atoms with E-state index >= 15 is 0 Å². The maximum absolute atomic E-state index is 11.5. The van der Waals surface area contributed by atoms with Crippen molar-refractivity contribution in [3.63, 3.8) is 0 Å². The summed E-state index contributed by atoms with van der Waals surface area (Å²) < 4.78 is 0. The quantitative estimate of drug-likeness (QED) is 0.685. The van der Waals surface area contributed by atoms with Crippen LogP contribution in [0, 0.1) is 0 Å². The van der Waals surface area contributed by atoms with Crippen molar-refractivity contribution in [3.8, 4) is 0 Å². The highest BCUT2D eigenvalue weighted by molar-refractivity contribution is 6.42. The molecule has 112 valence electrons. The Kier molecular flexibility index (Phi) is 6.71. The fourth-order valence-corrected chi connectivity index (χ4v) is 1.65. The topological polar surface area (TPSA) is 95.5 Å². The number of carboxylic acids is 1. The lowest BCUT2D eigenvalue weighted by atomic mass is 10.2. The highest BCUT2D eigenvalue weighted by Crippen LogP contribution is 2.26. The minimum atomic E-state index is -1.16. The lowest BCUT2D eigenvalue weighted by Crippen LogP contribution is -2.38. The van der Waals surface area contributed by atoms with Crippen LogP contribution in [-0.4, -0.2) is 36.0 Å². The van der Waals surface area contributed by atoms with Crippen molar-refractivity contribution in [1.82, 2.24) is 10.6 Å². The number of carbonyl (C=O) groups excluding carboxylic acids is 2. The summed E-state index contributed by atoms with van der Waals surface area (Å²) >= 11 is 11.8. The zero-order valence-electron chi connectivity index (χ0n) is 10.7. The van der Waals surface area contributed by atoms with Crippen LogP contribution in [0.4, 0.5) is 0 Å². The van der Waals surface area contributed by atoms with E-state index in [-0.39, 0.29) is 6.54 Å². The Morgan fingerprint density at radius 1 is 1.14 bits per heavy atom. The van der Waals surface area contributed by atoms with Crippen molar-refractivity contribution in [2.75, 3.05) is 13.1 Å². The Bertz CT molecular complexity index is 588. The molecule has 3 N–H and O–H groups in total. The Morgan fingerprint density at radius 2 is 1.86 bits per heavy atom. The van der Waals surface area contributed by atoms with Gasteiger partial charge in [0.25, 0.3) is 0 Å². The van der Waals surface area contributed by atoms with E-state index < -0.39 is 24.3 Å². The summed E-state index contributed by atoms with van der Waals surface area (Å²) in [4.78, 5) is 32.9. The Morgan fingerprint density at radius 3 is 2.52 bits per heavy atom. The van der Waals surface area contributed by atoms with E-state index in [0.29, 0.717) is 15.6 Å². The second kappa shape index (κ2) is 8.28. The van der Waals surface area contributed by atoms with Crippen LogP contribution in [0.5, 0.6) is 0 Å². The first kappa shape index (κ1) is 17.0. The lowest BCUT2D eigenvalue weighted by molar-refractivity contribution is -0.137. The maximum Gasteiger partial charge on any atom is 0.322 e. The van der Waals surface area contributed by atoms with E-state index in [0.717, 1.165) is 0 Å². The van der Waals surface area contributed by atoms with Gasteiger partial charge in [0.05, 0.1) is 16.6 Å². The second-order valence-electron chi connectivity index (χ2n) is 3.86. The predicted molar refractivity (Wildman–Crippen MR) is 79.2 cm³/mol. The van der Waals surface area contributed by atoms with Gasteiger partial charge in [0, 0.05) is 6.08 Å². The first-order chi connectivity index (χ1) is 9.90. The van der Waals surface area contributed by atoms with Crippen molar-refractivity contribution >= 4 is 47.1 Å². The summed E-state index contributed by atoms with van der Waals surface area (Å²) in [6, 6.07) is 4.98. The molecule has 0 aliphatic carbocycles. The van der Waals surface area contributed by atoms with Crippen molar-refractivity contribution in [3.05, 3.63) is 39.9 Å². The number of carboxylic acid groups (broad SMARTS) is 1. The number of halogens is 2. The van der Waals surface area contributed by atoms with Crippen LogP contribution in [0.2, 0.25) is 10.0 Å². The number of hydrogen-bond acceptors (Lipinski definition) is 3. The van der Waals surface area contributed by atoms with Crippen LogP contribution < -0.4 is 10.6 Å². The molecule has 0 bridgehead atoms. The fourth-order valence-electron chi connectivity index (χ4n) is 1.28. The summed E-state index contributed by atoms with van der Waals surface area (Å²) in [6.45, 7) is -0.817. The molecule has 0 heterocycles. The average molecular weight is 331 g/mol. The Labute approximate surface area is 130 Å². The number of rotatable bonds is 6. The van der Waals surface area contributed by atoms with Gasteiger partial charge in [0.2, 0.25) is 11.8 Å². The number of benzene rings is 1. The highest BCUT2D eigenvalue weighted by atomic mass is 35.5. The molecule has 1 aromatic rings. The van der Waals surface area contributed by atoms with Crippen molar-refractivity contribution in [1.29, 1.82) is 0 Å². The summed E-state index contributed by atoms with van der Waals surface area (Å²) in [5, 5.41) is 13.5. The molecule has 0 spiro atoms. The zero-order valence-corrected chi connectivity index (χ0v) is 12.2. The van der Waals surface area contributed by atoms with Crippen LogP contribution in [0.25, 0.3) is 6.08 Å². The monoisotopic (exact) mass is 330 g/mol. The van der Waals surface area contributed by atoms with Gasteiger partial charge < -0.3 is 15.7 Å². The summed E-state index contributed by atoms with van der Waals surface area (Å²) in [6.07, 6.45) is 2.65. The fraction of sp³-hybridized carbons (Fsp3) is 0.154. The summed E-state index contributed by atoms with van der Waals surface area (Å²) in [7, 11) is 0. The third kappa shape index (κ3) is 6.29. The van der Waals surface area contributed by atoms with Gasteiger partial charge in [-0.05, 0) is 17.7 Å². The van der Waals surface area contributed by atoms with Gasteiger partial charge in [0.15, 0.2) is 0 Å². The number of carbonyl (C=O) groups is 3. The molecule has 1 rings (SSSR count). The molecule has 0 radical (unpaired) electrons. The average Bonchev–Trinajstić information content (AvgIpc) is 2.44. The second-order valence-corrected chi connectivity index (χ2v) is 4.65. The molecule has 6 nitrogen and oxygen atoms in total. The van der Waals surface area contributed by atoms with E-state index in [1.165, 1.54) is 12.2 Å². The first-order valence-corrected chi connectivity index (χ1v) is 6.54. The number of aliphatic carboxylic acids is 1. The van der Waals surface area contributed by atoms with Crippen LogP contribution in [-0.2, 0) is 14.4 Å². The van der Waals surface area contributed by atoms with Crippen molar-refractivity contribution in [2.45, 2.75) is 0 Å². The summed E-state index contributed by atoms with van der Waals surface area (Å²) in [5.41, 5.74) is 0.564. The minimum absolute atomic E-state index is 0.320. The molecular formula is C13H12Cl2N2O4. The Hall–Kier alpha value is -2.05. The molecule has 0 unspecified atom stereocenters. The first-order valence-electron chi connectivity index (χ1n) is 5.78. The normalized spacial score (nSPS) is 10.4. The maximum atomic E-state index is 11.5. The number of nitrogens with one attached hydrogen (secondary N) is 2. The third-order valence-corrected chi connectivity index (χ3v) is 3.09. The van der Waals surface area contributed by atoms with E-state index in [9.17, 15) is 14.4 Å². The number of hydrogen-bond donors (Lipinski definition) is 3. The van der Waals surface area contributed by atoms with Gasteiger partial charge in [-0.25, -0.2) is 0 Å². The van der Waals surface area contributed by atoms with Gasteiger partial charge in [-0.1, -0.05) is 35.3 Å².